The molecule has 3 rings (SSSR count). The Labute approximate surface area is 158 Å². The molecule has 0 unspecified atom stereocenters. The predicted octanol–water partition coefficient (Wildman–Crippen LogP) is 3.84. The molecule has 26 heavy (non-hydrogen) atoms. The van der Waals surface area contributed by atoms with Gasteiger partial charge in [-0.25, -0.2) is 9.97 Å². The largest absolute Gasteiger partial charge is 0.494 e. The van der Waals surface area contributed by atoms with Crippen LogP contribution >= 0.6 is 15.9 Å². The summed E-state index contributed by atoms with van der Waals surface area (Å²) in [5, 5.41) is 4.47. The second-order valence-electron chi connectivity index (χ2n) is 5.24. The third kappa shape index (κ3) is 4.60. The Hall–Kier alpha value is -2.87. The number of nitrogens with zero attached hydrogens (tertiary/aromatic N) is 4. The molecular formula is C18H15BrFN5O. The van der Waals surface area contributed by atoms with E-state index in [2.05, 4.69) is 41.4 Å². The van der Waals surface area contributed by atoms with Gasteiger partial charge in [0.25, 0.3) is 0 Å². The van der Waals surface area contributed by atoms with Crippen LogP contribution in [0.2, 0.25) is 0 Å². The van der Waals surface area contributed by atoms with Crippen molar-refractivity contribution in [2.24, 2.45) is 5.10 Å². The highest BCUT2D eigenvalue weighted by Crippen LogP contribution is 2.23. The second kappa shape index (κ2) is 8.48. The van der Waals surface area contributed by atoms with E-state index >= 15 is 0 Å². The van der Waals surface area contributed by atoms with Gasteiger partial charge in [0.1, 0.15) is 16.0 Å². The summed E-state index contributed by atoms with van der Waals surface area (Å²) >= 11 is 3.37. The molecule has 3 aromatic heterocycles. The summed E-state index contributed by atoms with van der Waals surface area (Å²) in [4.78, 5) is 12.1. The van der Waals surface area contributed by atoms with E-state index < -0.39 is 5.95 Å². The molecule has 0 saturated carbocycles. The molecule has 0 aliphatic rings. The molecule has 1 N–H and O–H groups in total. The molecule has 3 aromatic rings. The van der Waals surface area contributed by atoms with E-state index in [9.17, 15) is 4.39 Å². The molecule has 8 heteroatoms. The number of nitrogens with one attached hydrogen (secondary N) is 1. The van der Waals surface area contributed by atoms with E-state index in [-0.39, 0.29) is 0 Å². The minimum Gasteiger partial charge on any atom is -0.494 e. The lowest BCUT2D eigenvalue weighted by Crippen LogP contribution is -2.10. The topological polar surface area (TPSA) is 72.3 Å². The average Bonchev–Trinajstić information content (AvgIpc) is 2.66. The average molecular weight is 416 g/mol. The van der Waals surface area contributed by atoms with Crippen LogP contribution in [0.1, 0.15) is 11.3 Å². The van der Waals surface area contributed by atoms with Crippen LogP contribution in [0.3, 0.4) is 0 Å². The Morgan fingerprint density at radius 1 is 1.19 bits per heavy atom. The minimum atomic E-state index is -0.622. The summed E-state index contributed by atoms with van der Waals surface area (Å²) in [6, 6.07) is 10.6. The van der Waals surface area contributed by atoms with E-state index in [1.165, 1.54) is 19.4 Å². The Morgan fingerprint density at radius 3 is 2.81 bits per heavy atom. The maximum atomic E-state index is 13.3. The molecular weight excluding hydrogens is 401 g/mol. The number of rotatable bonds is 6. The van der Waals surface area contributed by atoms with E-state index in [1.54, 1.807) is 12.4 Å². The quantitative estimate of drug-likeness (QED) is 0.376. The first-order valence-corrected chi connectivity index (χ1v) is 8.49. The standard InChI is InChI=1S/C18H15BrFN5O/c1-26-16-10-18(20)23-11-15(16)25-24-14(9-13-4-2-3-6-21-13)12-5-7-22-17(19)8-12/h2-8,10-11,25H,9H2,1H3. The Balaban J connectivity index is 1.93. The van der Waals surface area contributed by atoms with Crippen LogP contribution < -0.4 is 10.2 Å². The van der Waals surface area contributed by atoms with Gasteiger partial charge in [0, 0.05) is 36.1 Å². The van der Waals surface area contributed by atoms with Gasteiger partial charge in [-0.05, 0) is 40.2 Å². The van der Waals surface area contributed by atoms with Crippen molar-refractivity contribution >= 4 is 27.3 Å². The van der Waals surface area contributed by atoms with E-state index in [0.29, 0.717) is 22.5 Å². The SMILES string of the molecule is COc1cc(F)ncc1NN=C(Cc1ccccn1)c1ccnc(Br)c1. The van der Waals surface area contributed by atoms with Crippen LogP contribution in [0.15, 0.2) is 64.7 Å². The maximum absolute atomic E-state index is 13.3. The molecule has 0 amide bonds. The van der Waals surface area contributed by atoms with Crippen molar-refractivity contribution in [1.29, 1.82) is 0 Å². The molecule has 0 bridgehead atoms. The number of aromatic nitrogens is 3. The number of hydrazone groups is 1. The summed E-state index contributed by atoms with van der Waals surface area (Å²) in [6.07, 6.45) is 5.25. The highest BCUT2D eigenvalue weighted by Gasteiger charge is 2.10. The molecule has 3 heterocycles. The fourth-order valence-corrected chi connectivity index (χ4v) is 2.62. The van der Waals surface area contributed by atoms with Crippen molar-refractivity contribution in [2.45, 2.75) is 6.42 Å². The summed E-state index contributed by atoms with van der Waals surface area (Å²) < 4.78 is 19.1. The predicted molar refractivity (Wildman–Crippen MR) is 101 cm³/mol. The third-order valence-electron chi connectivity index (χ3n) is 3.50. The molecule has 0 aromatic carbocycles. The number of anilines is 1. The van der Waals surface area contributed by atoms with Crippen LogP contribution in [-0.4, -0.2) is 27.8 Å². The smallest absolute Gasteiger partial charge is 0.216 e. The van der Waals surface area contributed by atoms with Gasteiger partial charge in [0.15, 0.2) is 0 Å². The van der Waals surface area contributed by atoms with Gasteiger partial charge in [-0.2, -0.15) is 9.49 Å². The van der Waals surface area contributed by atoms with Crippen LogP contribution in [0.25, 0.3) is 0 Å². The minimum absolute atomic E-state index is 0.314. The van der Waals surface area contributed by atoms with Crippen LogP contribution in [0, 0.1) is 5.95 Å². The zero-order valence-corrected chi connectivity index (χ0v) is 15.4. The highest BCUT2D eigenvalue weighted by atomic mass is 79.9. The van der Waals surface area contributed by atoms with E-state index in [0.717, 1.165) is 17.0 Å². The van der Waals surface area contributed by atoms with Crippen LogP contribution in [0.4, 0.5) is 10.1 Å². The van der Waals surface area contributed by atoms with Gasteiger partial charge >= 0.3 is 0 Å². The number of ether oxygens (including phenoxy) is 1. The number of methoxy groups -OCH3 is 1. The Morgan fingerprint density at radius 2 is 2.08 bits per heavy atom. The third-order valence-corrected chi connectivity index (χ3v) is 3.93. The number of hydrogen-bond donors (Lipinski definition) is 1. The lowest BCUT2D eigenvalue weighted by Gasteiger charge is -2.10. The molecule has 0 spiro atoms. The van der Waals surface area contributed by atoms with Crippen LogP contribution in [0.5, 0.6) is 5.75 Å². The van der Waals surface area contributed by atoms with Gasteiger partial charge in [-0.1, -0.05) is 6.07 Å². The second-order valence-corrected chi connectivity index (χ2v) is 6.06. The maximum Gasteiger partial charge on any atom is 0.216 e. The lowest BCUT2D eigenvalue weighted by molar-refractivity contribution is 0.411. The molecule has 0 fully saturated rings. The molecule has 132 valence electrons. The summed E-state index contributed by atoms with van der Waals surface area (Å²) in [5.74, 6) is -0.308. The van der Waals surface area contributed by atoms with E-state index in [4.69, 9.17) is 4.74 Å². The van der Waals surface area contributed by atoms with E-state index in [1.807, 2.05) is 30.3 Å². The van der Waals surface area contributed by atoms with Gasteiger partial charge < -0.3 is 4.74 Å². The first kappa shape index (κ1) is 17.9. The monoisotopic (exact) mass is 415 g/mol. The number of halogens is 2. The van der Waals surface area contributed by atoms with Crippen molar-refractivity contribution < 1.29 is 9.13 Å². The van der Waals surface area contributed by atoms with Gasteiger partial charge in [0.05, 0.1) is 19.0 Å². The first-order chi connectivity index (χ1) is 12.7. The molecule has 0 saturated heterocycles. The summed E-state index contributed by atoms with van der Waals surface area (Å²) in [7, 11) is 1.46. The molecule has 0 aliphatic heterocycles. The van der Waals surface area contributed by atoms with Crippen LogP contribution in [-0.2, 0) is 6.42 Å². The number of hydrogen-bond acceptors (Lipinski definition) is 6. The lowest BCUT2D eigenvalue weighted by atomic mass is 10.1. The zero-order valence-electron chi connectivity index (χ0n) is 13.9. The fraction of sp³-hybridized carbons (Fsp3) is 0.111. The normalized spacial score (nSPS) is 11.3. The zero-order chi connectivity index (χ0) is 18.4. The molecule has 0 aliphatic carbocycles. The van der Waals surface area contributed by atoms with Crippen molar-refractivity contribution in [3.05, 3.63) is 76.8 Å². The highest BCUT2D eigenvalue weighted by molar-refractivity contribution is 9.10. The van der Waals surface area contributed by atoms with Crippen molar-refractivity contribution in [3.63, 3.8) is 0 Å². The number of pyridine rings is 3. The van der Waals surface area contributed by atoms with Crippen molar-refractivity contribution in [1.82, 2.24) is 15.0 Å². The first-order valence-electron chi connectivity index (χ1n) is 7.69. The van der Waals surface area contributed by atoms with Gasteiger partial charge in [-0.3, -0.25) is 10.4 Å². The fourth-order valence-electron chi connectivity index (χ4n) is 2.26. The summed E-state index contributed by atoms with van der Waals surface area (Å²) in [6.45, 7) is 0. The molecule has 0 atom stereocenters. The van der Waals surface area contributed by atoms with Crippen molar-refractivity contribution in [2.75, 3.05) is 12.5 Å². The summed E-state index contributed by atoms with van der Waals surface area (Å²) in [5.41, 5.74) is 5.83. The Bertz CT molecular complexity index is 920. The van der Waals surface area contributed by atoms with Gasteiger partial charge in [-0.15, -0.1) is 0 Å². The molecule has 0 radical (unpaired) electrons. The Kier molecular flexibility index (Phi) is 5.85. The van der Waals surface area contributed by atoms with Gasteiger partial charge in [0.2, 0.25) is 5.95 Å². The molecule has 6 nitrogen and oxygen atoms in total. The van der Waals surface area contributed by atoms with Crippen molar-refractivity contribution in [3.8, 4) is 5.75 Å².